The summed E-state index contributed by atoms with van der Waals surface area (Å²) in [6, 6.07) is 0. The Morgan fingerprint density at radius 2 is 1.91 bits per heavy atom. The smallest absolute Gasteiger partial charge is 0.390 e. The molecule has 3 unspecified atom stereocenters. The van der Waals surface area contributed by atoms with Crippen LogP contribution in [0.15, 0.2) is 12.5 Å². The first-order valence-corrected chi connectivity index (χ1v) is 13.7. The van der Waals surface area contributed by atoms with Gasteiger partial charge in [-0.3, -0.25) is 9.36 Å². The molecule has 0 aliphatic carbocycles. The van der Waals surface area contributed by atoms with Gasteiger partial charge >= 0.3 is 23.5 Å². The molecule has 5 atom stereocenters. The van der Waals surface area contributed by atoms with Crippen molar-refractivity contribution >= 4 is 40.3 Å². The minimum Gasteiger partial charge on any atom is -0.390 e. The van der Waals surface area contributed by atoms with Crippen LogP contribution in [-0.4, -0.2) is 64.6 Å². The molecule has 0 bridgehead atoms. The Kier molecular flexibility index (Phi) is 6.81. The van der Waals surface area contributed by atoms with Crippen LogP contribution in [0.25, 0.3) is 11.0 Å². The van der Waals surface area contributed by atoms with Crippen molar-refractivity contribution < 1.29 is 61.1 Å². The van der Waals surface area contributed by atoms with Gasteiger partial charge in [-0.15, -0.1) is 0 Å². The Morgan fingerprint density at radius 3 is 2.64 bits per heavy atom. The van der Waals surface area contributed by atoms with E-state index >= 15 is 0 Å². The molecule has 2 aromatic heterocycles. The van der Waals surface area contributed by atoms with Gasteiger partial charge in [0.05, 0.1) is 24.7 Å². The summed E-state index contributed by atoms with van der Waals surface area (Å²) in [6.45, 7) is -0.380. The van der Waals surface area contributed by atoms with Crippen molar-refractivity contribution in [3.63, 3.8) is 0 Å². The van der Waals surface area contributed by atoms with Crippen molar-refractivity contribution in [3.05, 3.63) is 18.1 Å². The zero-order valence-corrected chi connectivity index (χ0v) is 19.1. The lowest BCUT2D eigenvalue weighted by atomic mass is 10.2. The molecule has 2 aliphatic rings. The number of hydrogen-bond donors (Lipinski definition) is 6. The number of aliphatic hydroxyl groups excluding tert-OH is 1. The first kappa shape index (κ1) is 24.8. The van der Waals surface area contributed by atoms with Crippen LogP contribution < -0.4 is 5.48 Å². The highest BCUT2D eigenvalue weighted by Crippen LogP contribution is 2.66. The minimum absolute atomic E-state index is 0.0525. The zero-order valence-electron chi connectivity index (χ0n) is 16.4. The van der Waals surface area contributed by atoms with E-state index in [2.05, 4.69) is 28.6 Å². The number of anilines is 1. The Balaban J connectivity index is 1.44. The van der Waals surface area contributed by atoms with Gasteiger partial charge in [-0.25, -0.2) is 29.1 Å². The minimum atomic E-state index is -5.64. The number of hydrogen-bond acceptors (Lipinski definition) is 12. The fraction of sp³-hybridized carbons (Fsp3) is 0.538. The van der Waals surface area contributed by atoms with Gasteiger partial charge < -0.3 is 34.0 Å². The maximum Gasteiger partial charge on any atom is 0.490 e. The normalized spacial score (nSPS) is 27.0. The topological polar surface area (TPSA) is 241 Å². The number of aliphatic hydroxyl groups is 1. The predicted molar refractivity (Wildman–Crippen MR) is 105 cm³/mol. The van der Waals surface area contributed by atoms with Crippen LogP contribution in [0.3, 0.4) is 0 Å². The molecule has 2 aliphatic heterocycles. The lowest BCUT2D eigenvalue weighted by Gasteiger charge is -2.19. The molecule has 0 radical (unpaired) electrons. The van der Waals surface area contributed by atoms with Crippen molar-refractivity contribution in [2.45, 2.75) is 31.3 Å². The third-order valence-electron chi connectivity index (χ3n) is 4.66. The molecular formula is C13H19N4O13P3. The molecule has 2 aromatic rings. The summed E-state index contributed by atoms with van der Waals surface area (Å²) in [5.74, 6) is 0.467. The number of rotatable bonds is 8. The highest BCUT2D eigenvalue weighted by Gasteiger charge is 2.43. The molecule has 4 heterocycles. The molecule has 6 N–H and O–H groups in total. The molecule has 17 nitrogen and oxygen atoms in total. The van der Waals surface area contributed by atoms with Crippen LogP contribution in [0.2, 0.25) is 0 Å². The zero-order chi connectivity index (χ0) is 24.0. The van der Waals surface area contributed by atoms with Gasteiger partial charge in [0.25, 0.3) is 0 Å². The highest BCUT2D eigenvalue weighted by molar-refractivity contribution is 7.66. The Morgan fingerprint density at radius 1 is 1.15 bits per heavy atom. The van der Waals surface area contributed by atoms with Crippen LogP contribution in [0.5, 0.6) is 0 Å². The van der Waals surface area contributed by atoms with Crippen LogP contribution in [-0.2, 0) is 42.8 Å². The van der Waals surface area contributed by atoms with E-state index in [1.807, 2.05) is 0 Å². The Hall–Kier alpha value is -1.29. The molecule has 33 heavy (non-hydrogen) atoms. The second-order valence-corrected chi connectivity index (χ2v) is 11.4. The van der Waals surface area contributed by atoms with Crippen LogP contribution in [0.1, 0.15) is 18.2 Å². The molecule has 1 fully saturated rings. The molecule has 4 rings (SSSR count). The largest absolute Gasteiger partial charge is 0.490 e. The average Bonchev–Trinajstić information content (AvgIpc) is 3.14. The lowest BCUT2D eigenvalue weighted by molar-refractivity contribution is -0.0422. The quantitative estimate of drug-likeness (QED) is 0.251. The number of ether oxygens (including phenoxy) is 1. The second-order valence-electron chi connectivity index (χ2n) is 7.00. The summed E-state index contributed by atoms with van der Waals surface area (Å²) in [5.41, 5.74) is 4.10. The number of aromatic nitrogens is 3. The molecule has 184 valence electrons. The van der Waals surface area contributed by atoms with E-state index in [0.717, 1.165) is 5.56 Å². The molecule has 0 spiro atoms. The fourth-order valence-corrected chi connectivity index (χ4v) is 6.46. The number of nitrogens with zero attached hydrogens (tertiary/aromatic N) is 3. The van der Waals surface area contributed by atoms with Gasteiger partial charge in [0.1, 0.15) is 24.3 Å². The van der Waals surface area contributed by atoms with Crippen LogP contribution >= 0.6 is 23.5 Å². The predicted octanol–water partition coefficient (Wildman–Crippen LogP) is 0.323. The van der Waals surface area contributed by atoms with Crippen molar-refractivity contribution in [2.24, 2.45) is 0 Å². The van der Waals surface area contributed by atoms with Crippen molar-refractivity contribution in [1.29, 1.82) is 0 Å². The van der Waals surface area contributed by atoms with Gasteiger partial charge in [-0.2, -0.15) is 8.62 Å². The van der Waals surface area contributed by atoms with Crippen molar-refractivity contribution in [1.82, 2.24) is 14.5 Å². The van der Waals surface area contributed by atoms with E-state index in [0.29, 0.717) is 29.9 Å². The first-order valence-electron chi connectivity index (χ1n) is 9.18. The van der Waals surface area contributed by atoms with Gasteiger partial charge in [-0.05, 0) is 5.56 Å². The van der Waals surface area contributed by atoms with Gasteiger partial charge in [0.15, 0.2) is 5.82 Å². The van der Waals surface area contributed by atoms with E-state index in [-0.39, 0.29) is 6.42 Å². The average molecular weight is 532 g/mol. The van der Waals surface area contributed by atoms with Crippen molar-refractivity contribution in [2.75, 3.05) is 18.7 Å². The maximum absolute atomic E-state index is 11.9. The summed E-state index contributed by atoms with van der Waals surface area (Å²) < 4.78 is 53.2. The third-order valence-corrected chi connectivity index (χ3v) is 8.47. The maximum atomic E-state index is 11.9. The monoisotopic (exact) mass is 532 g/mol. The second kappa shape index (κ2) is 9.06. The third kappa shape index (κ3) is 5.86. The van der Waals surface area contributed by atoms with E-state index < -0.39 is 48.5 Å². The van der Waals surface area contributed by atoms with Gasteiger partial charge in [0, 0.05) is 19.0 Å². The summed E-state index contributed by atoms with van der Waals surface area (Å²) in [6.07, 6.45) is 0.627. The number of nitrogens with one attached hydrogen (secondary N) is 1. The number of phosphoric acid groups is 3. The van der Waals surface area contributed by atoms with Crippen molar-refractivity contribution in [3.8, 4) is 0 Å². The molecule has 0 aromatic carbocycles. The molecule has 20 heteroatoms. The summed E-state index contributed by atoms with van der Waals surface area (Å²) in [4.78, 5) is 49.5. The van der Waals surface area contributed by atoms with E-state index in [1.165, 1.54) is 6.33 Å². The molecule has 0 saturated carbocycles. The standard InChI is InChI=1S/C13H19N4O13P3/c18-8-3-10(17-4-7-1-2-26-16-12-11(7)13(17)15-6-14-12)28-9(8)5-27-32(22,23)30-33(24,25)29-31(19,20)21/h4,6,8-10,18H,1-3,5H2,(H,22,23)(H,24,25)(H,14,15,16)(H2,19,20,21)/t8-,9?,10+/m0/s1. The summed E-state index contributed by atoms with van der Waals surface area (Å²) in [5, 5.41) is 11.0. The van der Waals surface area contributed by atoms with E-state index in [1.54, 1.807) is 10.8 Å². The summed E-state index contributed by atoms with van der Waals surface area (Å²) >= 11 is 0. The molecule has 1 saturated heterocycles. The van der Waals surface area contributed by atoms with Gasteiger partial charge in [-0.1, -0.05) is 0 Å². The SMILES string of the molecule is O=P(O)(O)OP(=O)(O)OP(=O)(O)OCC1O[C@@H](n2cc3c4c(ncnc42)NOCC3)C[C@@H]1O. The van der Waals surface area contributed by atoms with Crippen LogP contribution in [0.4, 0.5) is 5.82 Å². The molecule has 0 amide bonds. The van der Waals surface area contributed by atoms with E-state index in [4.69, 9.17) is 19.4 Å². The first-order chi connectivity index (χ1) is 15.3. The van der Waals surface area contributed by atoms with Crippen LogP contribution in [0, 0.1) is 0 Å². The van der Waals surface area contributed by atoms with E-state index in [9.17, 15) is 28.6 Å². The lowest BCUT2D eigenvalue weighted by Crippen LogP contribution is -2.26. The highest BCUT2D eigenvalue weighted by atomic mass is 31.3. The fourth-order valence-electron chi connectivity index (χ4n) is 3.43. The number of phosphoric ester groups is 1. The Bertz CT molecular complexity index is 1180. The van der Waals surface area contributed by atoms with Gasteiger partial charge in [0.2, 0.25) is 0 Å². The molecular weight excluding hydrogens is 513 g/mol. The summed E-state index contributed by atoms with van der Waals surface area (Å²) in [7, 11) is -16.5. The Labute approximate surface area is 184 Å².